The largest absolute Gasteiger partial charge is 0.370 e. The van der Waals surface area contributed by atoms with Crippen molar-refractivity contribution in [3.63, 3.8) is 0 Å². The van der Waals surface area contributed by atoms with Crippen molar-refractivity contribution >= 4 is 11.6 Å². The van der Waals surface area contributed by atoms with Gasteiger partial charge >= 0.3 is 0 Å². The first-order valence-corrected chi connectivity index (χ1v) is 5.74. The SMILES string of the molecule is NC(=O)C(Nc1cccc(F)c1)c1ccc(F)cc1F. The van der Waals surface area contributed by atoms with Crippen LogP contribution in [0.15, 0.2) is 42.5 Å². The van der Waals surface area contributed by atoms with Crippen molar-refractivity contribution in [1.29, 1.82) is 0 Å². The maximum absolute atomic E-state index is 13.7. The van der Waals surface area contributed by atoms with Crippen LogP contribution in [0, 0.1) is 17.5 Å². The summed E-state index contributed by atoms with van der Waals surface area (Å²) in [6.45, 7) is 0. The Morgan fingerprint density at radius 1 is 1.05 bits per heavy atom. The Bertz CT molecular complexity index is 646. The molecule has 6 heteroatoms. The van der Waals surface area contributed by atoms with Crippen LogP contribution in [0.3, 0.4) is 0 Å². The molecule has 0 saturated heterocycles. The predicted octanol–water partition coefficient (Wildman–Crippen LogP) is 2.74. The van der Waals surface area contributed by atoms with Crippen LogP contribution < -0.4 is 11.1 Å². The average molecular weight is 280 g/mol. The second kappa shape index (κ2) is 5.64. The molecule has 0 saturated carbocycles. The number of nitrogens with two attached hydrogens (primary N) is 1. The number of nitrogens with one attached hydrogen (secondary N) is 1. The molecule has 1 atom stereocenters. The van der Waals surface area contributed by atoms with E-state index >= 15 is 0 Å². The fourth-order valence-corrected chi connectivity index (χ4v) is 1.78. The Hall–Kier alpha value is -2.50. The maximum atomic E-state index is 13.7. The number of carbonyl (C=O) groups excluding carboxylic acids is 1. The first kappa shape index (κ1) is 13.9. The number of amides is 1. The van der Waals surface area contributed by atoms with Crippen molar-refractivity contribution in [1.82, 2.24) is 0 Å². The van der Waals surface area contributed by atoms with E-state index < -0.39 is 29.4 Å². The van der Waals surface area contributed by atoms with Gasteiger partial charge in [0.05, 0.1) is 0 Å². The van der Waals surface area contributed by atoms with Gasteiger partial charge in [-0.1, -0.05) is 12.1 Å². The van der Waals surface area contributed by atoms with Gasteiger partial charge in [-0.2, -0.15) is 0 Å². The molecule has 2 rings (SSSR count). The number of halogens is 3. The van der Waals surface area contributed by atoms with E-state index in [-0.39, 0.29) is 11.3 Å². The number of rotatable bonds is 4. The van der Waals surface area contributed by atoms with Crippen LogP contribution in [-0.4, -0.2) is 5.91 Å². The predicted molar refractivity (Wildman–Crippen MR) is 68.3 cm³/mol. The molecular weight excluding hydrogens is 269 g/mol. The van der Waals surface area contributed by atoms with E-state index in [1.54, 1.807) is 0 Å². The zero-order valence-corrected chi connectivity index (χ0v) is 10.2. The third-order valence-electron chi connectivity index (χ3n) is 2.69. The molecule has 104 valence electrons. The van der Waals surface area contributed by atoms with Crippen molar-refractivity contribution in [2.45, 2.75) is 6.04 Å². The molecule has 0 aliphatic heterocycles. The highest BCUT2D eigenvalue weighted by atomic mass is 19.1. The van der Waals surface area contributed by atoms with Crippen molar-refractivity contribution in [3.05, 3.63) is 65.5 Å². The molecule has 3 N–H and O–H groups in total. The highest BCUT2D eigenvalue weighted by molar-refractivity contribution is 5.84. The van der Waals surface area contributed by atoms with Crippen LogP contribution in [0.4, 0.5) is 18.9 Å². The van der Waals surface area contributed by atoms with Crippen LogP contribution in [0.1, 0.15) is 11.6 Å². The Morgan fingerprint density at radius 3 is 2.35 bits per heavy atom. The minimum Gasteiger partial charge on any atom is -0.370 e. The van der Waals surface area contributed by atoms with Crippen molar-refractivity contribution in [2.24, 2.45) is 5.73 Å². The van der Waals surface area contributed by atoms with Crippen LogP contribution in [-0.2, 0) is 4.79 Å². The van der Waals surface area contributed by atoms with E-state index in [2.05, 4.69) is 5.32 Å². The van der Waals surface area contributed by atoms with Crippen LogP contribution in [0.25, 0.3) is 0 Å². The number of benzene rings is 2. The van der Waals surface area contributed by atoms with E-state index in [4.69, 9.17) is 5.73 Å². The van der Waals surface area contributed by atoms with Crippen molar-refractivity contribution in [2.75, 3.05) is 5.32 Å². The van der Waals surface area contributed by atoms with Crippen molar-refractivity contribution in [3.8, 4) is 0 Å². The molecule has 3 nitrogen and oxygen atoms in total. The van der Waals surface area contributed by atoms with Gasteiger partial charge in [0, 0.05) is 17.3 Å². The fourth-order valence-electron chi connectivity index (χ4n) is 1.78. The summed E-state index contributed by atoms with van der Waals surface area (Å²) in [5.74, 6) is -3.05. The second-order valence-electron chi connectivity index (χ2n) is 4.16. The first-order chi connectivity index (χ1) is 9.47. The number of hydrogen-bond donors (Lipinski definition) is 2. The summed E-state index contributed by atoms with van der Waals surface area (Å²) in [6.07, 6.45) is 0. The maximum Gasteiger partial charge on any atom is 0.244 e. The summed E-state index contributed by atoms with van der Waals surface area (Å²) >= 11 is 0. The summed E-state index contributed by atoms with van der Waals surface area (Å²) in [6, 6.07) is 6.85. The third kappa shape index (κ3) is 3.09. The molecular formula is C14H11F3N2O. The minimum atomic E-state index is -1.22. The van der Waals surface area contributed by atoms with Gasteiger partial charge in [0.2, 0.25) is 5.91 Å². The average Bonchev–Trinajstić information content (AvgIpc) is 2.36. The summed E-state index contributed by atoms with van der Waals surface area (Å²) in [4.78, 5) is 11.4. The molecule has 1 amide bonds. The summed E-state index contributed by atoms with van der Waals surface area (Å²) < 4.78 is 39.6. The molecule has 0 fully saturated rings. The van der Waals surface area contributed by atoms with Crippen LogP contribution >= 0.6 is 0 Å². The molecule has 20 heavy (non-hydrogen) atoms. The van der Waals surface area contributed by atoms with Gasteiger partial charge in [-0.25, -0.2) is 13.2 Å². The highest BCUT2D eigenvalue weighted by Gasteiger charge is 2.21. The molecule has 0 aliphatic rings. The Morgan fingerprint density at radius 2 is 1.75 bits per heavy atom. The Balaban J connectivity index is 2.34. The monoisotopic (exact) mass is 280 g/mol. The zero-order chi connectivity index (χ0) is 14.7. The molecule has 0 heterocycles. The van der Waals surface area contributed by atoms with Gasteiger partial charge in [-0.15, -0.1) is 0 Å². The van der Waals surface area contributed by atoms with Crippen LogP contribution in [0.5, 0.6) is 0 Å². The Labute approximate surface area is 113 Å². The van der Waals surface area contributed by atoms with Gasteiger partial charge < -0.3 is 11.1 Å². The van der Waals surface area contributed by atoms with Gasteiger partial charge in [-0.05, 0) is 24.3 Å². The molecule has 0 aromatic heterocycles. The highest BCUT2D eigenvalue weighted by Crippen LogP contribution is 2.23. The molecule has 2 aromatic carbocycles. The molecule has 0 aliphatic carbocycles. The fraction of sp³-hybridized carbons (Fsp3) is 0.0714. The lowest BCUT2D eigenvalue weighted by Gasteiger charge is -2.17. The van der Waals surface area contributed by atoms with Gasteiger partial charge in [0.15, 0.2) is 0 Å². The zero-order valence-electron chi connectivity index (χ0n) is 10.2. The number of anilines is 1. The van der Waals surface area contributed by atoms with Gasteiger partial charge in [-0.3, -0.25) is 4.79 Å². The second-order valence-corrected chi connectivity index (χ2v) is 4.16. The van der Waals surface area contributed by atoms with E-state index in [1.165, 1.54) is 18.2 Å². The number of carbonyl (C=O) groups is 1. The quantitative estimate of drug-likeness (QED) is 0.904. The molecule has 0 spiro atoms. The molecule has 2 aromatic rings. The van der Waals surface area contributed by atoms with E-state index in [9.17, 15) is 18.0 Å². The van der Waals surface area contributed by atoms with E-state index in [0.717, 1.165) is 18.2 Å². The van der Waals surface area contributed by atoms with E-state index in [1.807, 2.05) is 0 Å². The number of primary amides is 1. The van der Waals surface area contributed by atoms with Crippen LogP contribution in [0.2, 0.25) is 0 Å². The van der Waals surface area contributed by atoms with Gasteiger partial charge in [0.1, 0.15) is 23.5 Å². The standard InChI is InChI=1S/C14H11F3N2O/c15-8-2-1-3-10(6-8)19-13(14(18)20)11-5-4-9(16)7-12(11)17/h1-7,13,19H,(H2,18,20). The normalized spacial score (nSPS) is 11.9. The molecule has 1 unspecified atom stereocenters. The Kier molecular flexibility index (Phi) is 3.93. The van der Waals surface area contributed by atoms with Crippen molar-refractivity contribution < 1.29 is 18.0 Å². The first-order valence-electron chi connectivity index (χ1n) is 5.74. The lowest BCUT2D eigenvalue weighted by atomic mass is 10.0. The minimum absolute atomic E-state index is 0.108. The number of hydrogen-bond acceptors (Lipinski definition) is 2. The lowest BCUT2D eigenvalue weighted by molar-refractivity contribution is -0.118. The summed E-state index contributed by atoms with van der Waals surface area (Å²) in [5, 5.41) is 2.62. The molecule has 0 bridgehead atoms. The summed E-state index contributed by atoms with van der Waals surface area (Å²) in [7, 11) is 0. The van der Waals surface area contributed by atoms with Gasteiger partial charge in [0.25, 0.3) is 0 Å². The third-order valence-corrected chi connectivity index (χ3v) is 2.69. The summed E-state index contributed by atoms with van der Waals surface area (Å²) in [5.41, 5.74) is 5.36. The lowest BCUT2D eigenvalue weighted by Crippen LogP contribution is -2.28. The topological polar surface area (TPSA) is 55.1 Å². The smallest absolute Gasteiger partial charge is 0.244 e. The molecule has 0 radical (unpaired) electrons. The van der Waals surface area contributed by atoms with E-state index in [0.29, 0.717) is 6.07 Å².